The Morgan fingerprint density at radius 3 is 1.32 bits per heavy atom. The molecule has 0 saturated carbocycles. The summed E-state index contributed by atoms with van der Waals surface area (Å²) in [7, 11) is 1.52. The van der Waals surface area contributed by atoms with Crippen molar-refractivity contribution < 1.29 is 31.1 Å². The lowest BCUT2D eigenvalue weighted by Crippen LogP contribution is -2.04. The van der Waals surface area contributed by atoms with E-state index in [-0.39, 0.29) is 0 Å². The standard InChI is InChI=1S/C33H20F6O/c1-40-25-14-15-26-29(18-25)31(20-8-12-24(13-9-20)33(37,38)39)28-17-22-5-3-2-4-21(22)16-27(28)30(26)19-6-10-23(11-7-19)32(34,35)36/h2-18H,1H3. The molecule has 0 heterocycles. The highest BCUT2D eigenvalue weighted by atomic mass is 19.4. The minimum atomic E-state index is -4.48. The first-order valence-corrected chi connectivity index (χ1v) is 12.4. The Morgan fingerprint density at radius 2 is 0.900 bits per heavy atom. The lowest BCUT2D eigenvalue weighted by molar-refractivity contribution is -0.138. The van der Waals surface area contributed by atoms with Crippen LogP contribution in [0.1, 0.15) is 11.1 Å². The summed E-state index contributed by atoms with van der Waals surface area (Å²) in [5.41, 5.74) is 1.09. The molecule has 0 radical (unpaired) electrons. The lowest BCUT2D eigenvalue weighted by Gasteiger charge is -2.20. The van der Waals surface area contributed by atoms with Gasteiger partial charge in [0.2, 0.25) is 0 Å². The Morgan fingerprint density at radius 1 is 0.475 bits per heavy atom. The van der Waals surface area contributed by atoms with Gasteiger partial charge in [0.15, 0.2) is 0 Å². The molecule has 1 nitrogen and oxygen atoms in total. The van der Waals surface area contributed by atoms with Crippen molar-refractivity contribution in [1.82, 2.24) is 0 Å². The number of methoxy groups -OCH3 is 1. The van der Waals surface area contributed by atoms with Gasteiger partial charge in [-0.2, -0.15) is 26.3 Å². The molecule has 0 N–H and O–H groups in total. The third-order valence-electron chi connectivity index (χ3n) is 7.19. The summed E-state index contributed by atoms with van der Waals surface area (Å²) in [5.74, 6) is 0.541. The Kier molecular flexibility index (Phi) is 5.98. The van der Waals surface area contributed by atoms with Gasteiger partial charge in [0, 0.05) is 0 Å². The highest BCUT2D eigenvalue weighted by Gasteiger charge is 2.31. The first-order valence-electron chi connectivity index (χ1n) is 12.4. The molecule has 6 rings (SSSR count). The predicted octanol–water partition coefficient (Wildman–Crippen LogP) is 10.5. The van der Waals surface area contributed by atoms with E-state index in [1.807, 2.05) is 48.5 Å². The van der Waals surface area contributed by atoms with Gasteiger partial charge in [0.25, 0.3) is 0 Å². The molecule has 0 spiro atoms. The van der Waals surface area contributed by atoms with Crippen LogP contribution in [0.15, 0.2) is 103 Å². The minimum Gasteiger partial charge on any atom is -0.497 e. The molecule has 0 aliphatic rings. The molecular weight excluding hydrogens is 526 g/mol. The molecule has 6 aromatic carbocycles. The number of ether oxygens (including phenoxy) is 1. The van der Waals surface area contributed by atoms with Crippen LogP contribution >= 0.6 is 0 Å². The third kappa shape index (κ3) is 4.41. The largest absolute Gasteiger partial charge is 0.497 e. The number of rotatable bonds is 3. The highest BCUT2D eigenvalue weighted by molar-refractivity contribution is 6.23. The summed E-state index contributed by atoms with van der Waals surface area (Å²) in [6, 6.07) is 27.1. The van der Waals surface area contributed by atoms with Crippen molar-refractivity contribution >= 4 is 32.3 Å². The highest BCUT2D eigenvalue weighted by Crippen LogP contribution is 2.46. The molecule has 0 aliphatic carbocycles. The van der Waals surface area contributed by atoms with Gasteiger partial charge >= 0.3 is 12.4 Å². The maximum Gasteiger partial charge on any atom is 0.416 e. The van der Waals surface area contributed by atoms with E-state index in [9.17, 15) is 26.3 Å². The van der Waals surface area contributed by atoms with Crippen LogP contribution in [0.5, 0.6) is 5.75 Å². The molecule has 40 heavy (non-hydrogen) atoms. The second-order valence-corrected chi connectivity index (χ2v) is 9.56. The van der Waals surface area contributed by atoms with Crippen molar-refractivity contribution in [3.8, 4) is 28.0 Å². The molecule has 0 amide bonds. The predicted molar refractivity (Wildman–Crippen MR) is 146 cm³/mol. The van der Waals surface area contributed by atoms with Crippen molar-refractivity contribution in [2.45, 2.75) is 12.4 Å². The molecule has 0 fully saturated rings. The molecule has 0 atom stereocenters. The van der Waals surface area contributed by atoms with Crippen LogP contribution in [0.25, 0.3) is 54.6 Å². The maximum absolute atomic E-state index is 13.4. The van der Waals surface area contributed by atoms with Crippen molar-refractivity contribution in [3.05, 3.63) is 114 Å². The zero-order chi connectivity index (χ0) is 28.2. The fourth-order valence-electron chi connectivity index (χ4n) is 5.29. The Labute approximate surface area is 225 Å². The Bertz CT molecular complexity index is 1880. The van der Waals surface area contributed by atoms with Crippen LogP contribution in [0.2, 0.25) is 0 Å². The summed E-state index contributed by atoms with van der Waals surface area (Å²) in [4.78, 5) is 0. The maximum atomic E-state index is 13.4. The fraction of sp³-hybridized carbons (Fsp3) is 0.0909. The molecular formula is C33H20F6O. The monoisotopic (exact) mass is 546 g/mol. The molecule has 0 aromatic heterocycles. The summed E-state index contributed by atoms with van der Waals surface area (Å²) in [6.45, 7) is 0. The average Bonchev–Trinajstić information content (AvgIpc) is 2.94. The van der Waals surface area contributed by atoms with E-state index < -0.39 is 23.5 Å². The first kappa shape index (κ1) is 25.7. The van der Waals surface area contributed by atoms with Gasteiger partial charge in [-0.25, -0.2) is 0 Å². The summed E-state index contributed by atoms with van der Waals surface area (Å²) < 4.78 is 85.6. The smallest absolute Gasteiger partial charge is 0.416 e. The van der Waals surface area contributed by atoms with E-state index in [0.29, 0.717) is 27.8 Å². The zero-order valence-electron chi connectivity index (χ0n) is 21.0. The zero-order valence-corrected chi connectivity index (χ0v) is 21.0. The number of alkyl halides is 6. The van der Waals surface area contributed by atoms with Gasteiger partial charge < -0.3 is 4.74 Å². The van der Waals surface area contributed by atoms with E-state index in [4.69, 9.17) is 4.74 Å². The second-order valence-electron chi connectivity index (χ2n) is 9.56. The molecule has 0 aliphatic heterocycles. The number of fused-ring (bicyclic) bond motifs is 3. The first-order chi connectivity index (χ1) is 19.0. The summed E-state index contributed by atoms with van der Waals surface area (Å²) in [5, 5.41) is 4.81. The van der Waals surface area contributed by atoms with Crippen LogP contribution in [0.3, 0.4) is 0 Å². The van der Waals surface area contributed by atoms with Gasteiger partial charge in [-0.05, 0) is 103 Å². The van der Waals surface area contributed by atoms with Gasteiger partial charge in [-0.15, -0.1) is 0 Å². The molecule has 0 saturated heterocycles. The van der Waals surface area contributed by atoms with E-state index in [1.165, 1.54) is 31.4 Å². The van der Waals surface area contributed by atoms with Crippen molar-refractivity contribution in [2.24, 2.45) is 0 Å². The Hall–Kier alpha value is -4.52. The van der Waals surface area contributed by atoms with Crippen LogP contribution in [-0.4, -0.2) is 7.11 Å². The van der Waals surface area contributed by atoms with Crippen molar-refractivity contribution in [1.29, 1.82) is 0 Å². The summed E-state index contributed by atoms with van der Waals surface area (Å²) in [6.07, 6.45) is -8.95. The number of hydrogen-bond donors (Lipinski definition) is 0. The van der Waals surface area contributed by atoms with Gasteiger partial charge in [0.1, 0.15) is 5.75 Å². The van der Waals surface area contributed by atoms with E-state index in [0.717, 1.165) is 56.8 Å². The molecule has 0 unspecified atom stereocenters. The number of benzene rings is 6. The second kappa shape index (κ2) is 9.30. The molecule has 0 bridgehead atoms. The lowest BCUT2D eigenvalue weighted by atomic mass is 9.84. The summed E-state index contributed by atoms with van der Waals surface area (Å²) >= 11 is 0. The molecule has 200 valence electrons. The number of halogens is 6. The average molecular weight is 547 g/mol. The van der Waals surface area contributed by atoms with Crippen molar-refractivity contribution in [2.75, 3.05) is 7.11 Å². The van der Waals surface area contributed by atoms with Crippen LogP contribution in [-0.2, 0) is 12.4 Å². The fourth-order valence-corrected chi connectivity index (χ4v) is 5.29. The van der Waals surface area contributed by atoms with Crippen LogP contribution in [0, 0.1) is 0 Å². The van der Waals surface area contributed by atoms with E-state index in [2.05, 4.69) is 0 Å². The third-order valence-corrected chi connectivity index (χ3v) is 7.19. The topological polar surface area (TPSA) is 9.23 Å². The normalized spacial score (nSPS) is 12.4. The molecule has 6 aromatic rings. The molecule has 7 heteroatoms. The van der Waals surface area contributed by atoms with E-state index >= 15 is 0 Å². The quantitative estimate of drug-likeness (QED) is 0.159. The van der Waals surface area contributed by atoms with Crippen molar-refractivity contribution in [3.63, 3.8) is 0 Å². The van der Waals surface area contributed by atoms with Crippen LogP contribution in [0.4, 0.5) is 26.3 Å². The minimum absolute atomic E-state index is 0.541. The van der Waals surface area contributed by atoms with Gasteiger partial charge in [0.05, 0.1) is 18.2 Å². The SMILES string of the molecule is COc1ccc2c(-c3ccc(C(F)(F)F)cc3)c3cc4ccccc4cc3c(-c3ccc(C(F)(F)F)cc3)c2c1. The van der Waals surface area contributed by atoms with E-state index in [1.54, 1.807) is 6.07 Å². The number of hydrogen-bond acceptors (Lipinski definition) is 1. The van der Waals surface area contributed by atoms with Gasteiger partial charge in [-0.1, -0.05) is 54.6 Å². The van der Waals surface area contributed by atoms with Gasteiger partial charge in [-0.3, -0.25) is 0 Å². The van der Waals surface area contributed by atoms with Crippen LogP contribution < -0.4 is 4.74 Å². The Balaban J connectivity index is 1.75.